The molecular weight excluding hydrogens is 399 g/mol. The first-order chi connectivity index (χ1) is 15.2. The highest BCUT2D eigenvalue weighted by molar-refractivity contribution is 5.79. The van der Waals surface area contributed by atoms with E-state index in [1.54, 1.807) is 18.3 Å². The van der Waals surface area contributed by atoms with Crippen LogP contribution in [-0.2, 0) is 14.3 Å². The van der Waals surface area contributed by atoms with Crippen molar-refractivity contribution in [2.75, 3.05) is 18.5 Å². The molecule has 31 heavy (non-hydrogen) atoms. The molecule has 2 N–H and O–H groups in total. The molecule has 0 spiro atoms. The lowest BCUT2D eigenvalue weighted by atomic mass is 9.88. The first-order valence-corrected chi connectivity index (χ1v) is 11.1. The van der Waals surface area contributed by atoms with E-state index in [1.807, 2.05) is 6.07 Å². The normalized spacial score (nSPS) is 28.3. The molecule has 3 heterocycles. The zero-order chi connectivity index (χ0) is 21.2. The third kappa shape index (κ3) is 4.41. The fraction of sp³-hybridized carbons (Fsp3) is 0.522. The van der Waals surface area contributed by atoms with E-state index in [0.29, 0.717) is 30.4 Å². The summed E-state index contributed by atoms with van der Waals surface area (Å²) in [6.07, 6.45) is 6.69. The third-order valence-corrected chi connectivity index (χ3v) is 6.45. The maximum atomic E-state index is 13.6. The molecule has 1 aliphatic carbocycles. The number of nitrogens with zero attached hydrogens (tertiary/aromatic N) is 2. The van der Waals surface area contributed by atoms with E-state index >= 15 is 0 Å². The van der Waals surface area contributed by atoms with Crippen LogP contribution in [0.3, 0.4) is 0 Å². The Morgan fingerprint density at radius 3 is 2.61 bits per heavy atom. The van der Waals surface area contributed by atoms with Gasteiger partial charge in [-0.2, -0.15) is 0 Å². The zero-order valence-electron chi connectivity index (χ0n) is 17.3. The Balaban J connectivity index is 1.22. The first kappa shape index (κ1) is 20.3. The van der Waals surface area contributed by atoms with Crippen LogP contribution in [0.15, 0.2) is 36.5 Å². The van der Waals surface area contributed by atoms with Crippen molar-refractivity contribution >= 4 is 11.9 Å². The molecule has 1 amide bonds. The second-order valence-electron chi connectivity index (χ2n) is 8.57. The van der Waals surface area contributed by atoms with Gasteiger partial charge in [-0.05, 0) is 31.0 Å². The van der Waals surface area contributed by atoms with Gasteiger partial charge in [0.1, 0.15) is 18.0 Å². The molecule has 8 heteroatoms. The van der Waals surface area contributed by atoms with E-state index in [0.717, 1.165) is 25.7 Å². The van der Waals surface area contributed by atoms with Gasteiger partial charge in [0.15, 0.2) is 0 Å². The second kappa shape index (κ2) is 8.88. The van der Waals surface area contributed by atoms with Gasteiger partial charge in [-0.15, -0.1) is 0 Å². The highest BCUT2D eigenvalue weighted by Crippen LogP contribution is 2.30. The van der Waals surface area contributed by atoms with Crippen molar-refractivity contribution in [1.29, 1.82) is 0 Å². The SMILES string of the molecule is O=C(N[C@H]1CO[C@H]2[C@H]1OC[C@H]2Nc1nccc(-c2cccc(F)c2)n1)C1CCCCC1. The first-order valence-electron chi connectivity index (χ1n) is 11.1. The Hall–Kier alpha value is -2.58. The second-order valence-corrected chi connectivity index (χ2v) is 8.57. The number of aromatic nitrogens is 2. The van der Waals surface area contributed by atoms with Crippen LogP contribution in [-0.4, -0.2) is 53.4 Å². The van der Waals surface area contributed by atoms with Crippen LogP contribution in [0.25, 0.3) is 11.3 Å². The molecule has 3 fully saturated rings. The Bertz CT molecular complexity index is 937. The number of ether oxygens (including phenoxy) is 2. The molecule has 2 aliphatic heterocycles. The smallest absolute Gasteiger partial charge is 0.223 e. The molecule has 0 unspecified atom stereocenters. The van der Waals surface area contributed by atoms with E-state index in [4.69, 9.17) is 9.47 Å². The summed E-state index contributed by atoms with van der Waals surface area (Å²) in [6, 6.07) is 7.81. The van der Waals surface area contributed by atoms with Gasteiger partial charge in [0.2, 0.25) is 11.9 Å². The van der Waals surface area contributed by atoms with Gasteiger partial charge in [-0.25, -0.2) is 14.4 Å². The molecule has 3 aliphatic rings. The Morgan fingerprint density at radius 1 is 1.03 bits per heavy atom. The summed E-state index contributed by atoms with van der Waals surface area (Å²) in [4.78, 5) is 21.4. The Morgan fingerprint density at radius 2 is 1.81 bits per heavy atom. The highest BCUT2D eigenvalue weighted by Gasteiger charge is 2.48. The van der Waals surface area contributed by atoms with Crippen molar-refractivity contribution < 1.29 is 18.7 Å². The number of nitrogens with one attached hydrogen (secondary N) is 2. The monoisotopic (exact) mass is 426 g/mol. The van der Waals surface area contributed by atoms with Crippen LogP contribution >= 0.6 is 0 Å². The van der Waals surface area contributed by atoms with Gasteiger partial charge < -0.3 is 20.1 Å². The summed E-state index contributed by atoms with van der Waals surface area (Å²) in [5.74, 6) is 0.370. The number of hydrogen-bond acceptors (Lipinski definition) is 6. The van der Waals surface area contributed by atoms with Crippen molar-refractivity contribution in [3.05, 3.63) is 42.3 Å². The van der Waals surface area contributed by atoms with Crippen molar-refractivity contribution in [2.24, 2.45) is 5.92 Å². The summed E-state index contributed by atoms with van der Waals surface area (Å²) in [6.45, 7) is 0.884. The van der Waals surface area contributed by atoms with Gasteiger partial charge in [0.05, 0.1) is 31.0 Å². The summed E-state index contributed by atoms with van der Waals surface area (Å²) in [5, 5.41) is 6.45. The van der Waals surface area contributed by atoms with Gasteiger partial charge >= 0.3 is 0 Å². The van der Waals surface area contributed by atoms with E-state index < -0.39 is 0 Å². The van der Waals surface area contributed by atoms with Crippen LogP contribution in [0, 0.1) is 11.7 Å². The van der Waals surface area contributed by atoms with Crippen molar-refractivity contribution in [2.45, 2.75) is 56.4 Å². The summed E-state index contributed by atoms with van der Waals surface area (Å²) in [7, 11) is 0. The van der Waals surface area contributed by atoms with Crippen LogP contribution in [0.5, 0.6) is 0 Å². The van der Waals surface area contributed by atoms with Crippen LogP contribution in [0.1, 0.15) is 32.1 Å². The number of fused-ring (bicyclic) bond motifs is 1. The minimum Gasteiger partial charge on any atom is -0.371 e. The lowest BCUT2D eigenvalue weighted by Crippen LogP contribution is -2.47. The fourth-order valence-electron chi connectivity index (χ4n) is 4.81. The molecule has 4 atom stereocenters. The zero-order valence-corrected chi connectivity index (χ0v) is 17.3. The number of amides is 1. The molecule has 0 bridgehead atoms. The number of benzene rings is 1. The molecular formula is C23H27FN4O3. The highest BCUT2D eigenvalue weighted by atomic mass is 19.1. The van der Waals surface area contributed by atoms with Crippen LogP contribution < -0.4 is 10.6 Å². The minimum atomic E-state index is -0.307. The van der Waals surface area contributed by atoms with E-state index in [1.165, 1.54) is 18.6 Å². The van der Waals surface area contributed by atoms with Crippen molar-refractivity contribution in [1.82, 2.24) is 15.3 Å². The Labute approximate surface area is 180 Å². The van der Waals surface area contributed by atoms with E-state index in [9.17, 15) is 9.18 Å². The van der Waals surface area contributed by atoms with Crippen LogP contribution in [0.2, 0.25) is 0 Å². The number of halogens is 1. The maximum Gasteiger partial charge on any atom is 0.223 e. The predicted octanol–water partition coefficient (Wildman–Crippen LogP) is 2.93. The van der Waals surface area contributed by atoms with Crippen molar-refractivity contribution in [3.63, 3.8) is 0 Å². The molecule has 2 saturated heterocycles. The standard InChI is InChI=1S/C23H27FN4O3/c24-16-8-4-7-15(11-16)17-9-10-25-23(27-17)28-19-13-31-20-18(12-30-21(19)20)26-22(29)14-5-2-1-3-6-14/h4,7-11,14,18-21H,1-3,5-6,12-13H2,(H,26,29)(H,25,27,28)/t18-,19+,20-,21+/m0/s1. The van der Waals surface area contributed by atoms with Gasteiger partial charge in [0.25, 0.3) is 0 Å². The number of carbonyl (C=O) groups excluding carboxylic acids is 1. The average Bonchev–Trinajstić information content (AvgIpc) is 3.38. The molecule has 2 aromatic rings. The van der Waals surface area contributed by atoms with Gasteiger partial charge in [0, 0.05) is 17.7 Å². The van der Waals surface area contributed by atoms with Crippen molar-refractivity contribution in [3.8, 4) is 11.3 Å². The summed E-state index contributed by atoms with van der Waals surface area (Å²) < 4.78 is 25.5. The predicted molar refractivity (Wildman–Crippen MR) is 113 cm³/mol. The average molecular weight is 426 g/mol. The number of anilines is 1. The van der Waals surface area contributed by atoms with Gasteiger partial charge in [-0.3, -0.25) is 4.79 Å². The Kier molecular flexibility index (Phi) is 5.82. The number of hydrogen-bond donors (Lipinski definition) is 2. The third-order valence-electron chi connectivity index (χ3n) is 6.45. The van der Waals surface area contributed by atoms with E-state index in [2.05, 4.69) is 20.6 Å². The largest absolute Gasteiger partial charge is 0.371 e. The lowest BCUT2D eigenvalue weighted by Gasteiger charge is -2.24. The molecule has 5 rings (SSSR count). The summed E-state index contributed by atoms with van der Waals surface area (Å²) >= 11 is 0. The lowest BCUT2D eigenvalue weighted by molar-refractivity contribution is -0.127. The molecule has 1 aromatic carbocycles. The van der Waals surface area contributed by atoms with Gasteiger partial charge in [-0.1, -0.05) is 31.4 Å². The number of rotatable bonds is 5. The topological polar surface area (TPSA) is 85.4 Å². The fourth-order valence-corrected chi connectivity index (χ4v) is 4.81. The van der Waals surface area contributed by atoms with E-state index in [-0.39, 0.29) is 41.9 Å². The quantitative estimate of drug-likeness (QED) is 0.765. The molecule has 164 valence electrons. The molecule has 0 radical (unpaired) electrons. The minimum absolute atomic E-state index is 0.113. The molecule has 1 saturated carbocycles. The number of carbonyl (C=O) groups is 1. The molecule has 7 nitrogen and oxygen atoms in total. The maximum absolute atomic E-state index is 13.6. The summed E-state index contributed by atoms with van der Waals surface area (Å²) in [5.41, 5.74) is 1.33. The van der Waals surface area contributed by atoms with Crippen LogP contribution in [0.4, 0.5) is 10.3 Å². The molecule has 1 aromatic heterocycles.